The van der Waals surface area contributed by atoms with Crippen LogP contribution in [0.5, 0.6) is 0 Å². The fraction of sp³-hybridized carbons (Fsp3) is 0.786. The Hall–Kier alpha value is -0.450. The second-order valence-electron chi connectivity index (χ2n) is 5.36. The smallest absolute Gasteiger partial charge is 0.0795 e. The zero-order chi connectivity index (χ0) is 12.6. The van der Waals surface area contributed by atoms with E-state index < -0.39 is 0 Å². The summed E-state index contributed by atoms with van der Waals surface area (Å²) in [5.74, 6) is 0. The van der Waals surface area contributed by atoms with Crippen molar-refractivity contribution in [2.45, 2.75) is 51.1 Å². The summed E-state index contributed by atoms with van der Waals surface area (Å²) in [6, 6.07) is 0.794. The third-order valence-corrected chi connectivity index (χ3v) is 4.31. The molecule has 18 heavy (non-hydrogen) atoms. The van der Waals surface area contributed by atoms with Crippen LogP contribution < -0.4 is 5.32 Å². The first kappa shape index (κ1) is 14.0. The molecule has 0 bridgehead atoms. The molecule has 0 unspecified atom stereocenters. The number of hydrogen-bond donors (Lipinski definition) is 1. The summed E-state index contributed by atoms with van der Waals surface area (Å²) < 4.78 is 0. The van der Waals surface area contributed by atoms with E-state index in [0.29, 0.717) is 0 Å². The Morgan fingerprint density at radius 2 is 2.22 bits per heavy atom. The lowest BCUT2D eigenvalue weighted by Crippen LogP contribution is -2.33. The van der Waals surface area contributed by atoms with Gasteiger partial charge in [0, 0.05) is 18.0 Å². The summed E-state index contributed by atoms with van der Waals surface area (Å²) in [7, 11) is 2.18. The SMILES string of the molecule is CN(CCCNC1CCCCC1)Cc1cscn1. The molecule has 0 atom stereocenters. The van der Waals surface area contributed by atoms with Gasteiger partial charge in [-0.05, 0) is 39.4 Å². The van der Waals surface area contributed by atoms with E-state index >= 15 is 0 Å². The lowest BCUT2D eigenvalue weighted by Gasteiger charge is -2.23. The molecule has 3 nitrogen and oxygen atoms in total. The van der Waals surface area contributed by atoms with Crippen molar-refractivity contribution in [1.82, 2.24) is 15.2 Å². The third kappa shape index (κ3) is 5.04. The van der Waals surface area contributed by atoms with Gasteiger partial charge in [-0.25, -0.2) is 4.98 Å². The van der Waals surface area contributed by atoms with Gasteiger partial charge in [0.15, 0.2) is 0 Å². The number of nitrogens with one attached hydrogen (secondary N) is 1. The van der Waals surface area contributed by atoms with Crippen LogP contribution in [0.1, 0.15) is 44.2 Å². The molecular formula is C14H25N3S. The molecular weight excluding hydrogens is 242 g/mol. The Labute approximate surface area is 115 Å². The van der Waals surface area contributed by atoms with Crippen molar-refractivity contribution >= 4 is 11.3 Å². The highest BCUT2D eigenvalue weighted by atomic mass is 32.1. The van der Waals surface area contributed by atoms with Gasteiger partial charge in [-0.3, -0.25) is 0 Å². The Kier molecular flexibility index (Phi) is 6.11. The molecule has 1 aliphatic carbocycles. The van der Waals surface area contributed by atoms with Crippen molar-refractivity contribution in [2.24, 2.45) is 0 Å². The van der Waals surface area contributed by atoms with Gasteiger partial charge in [0.05, 0.1) is 11.2 Å². The van der Waals surface area contributed by atoms with Crippen molar-refractivity contribution in [1.29, 1.82) is 0 Å². The van der Waals surface area contributed by atoms with Crippen molar-refractivity contribution in [3.05, 3.63) is 16.6 Å². The molecule has 0 spiro atoms. The topological polar surface area (TPSA) is 28.2 Å². The largest absolute Gasteiger partial charge is 0.314 e. The van der Waals surface area contributed by atoms with Crippen LogP contribution in [-0.2, 0) is 6.54 Å². The Bertz CT molecular complexity index is 307. The van der Waals surface area contributed by atoms with Crippen LogP contribution in [0.25, 0.3) is 0 Å². The van der Waals surface area contributed by atoms with Crippen LogP contribution in [0.4, 0.5) is 0 Å². The van der Waals surface area contributed by atoms with Crippen LogP contribution in [0.3, 0.4) is 0 Å². The minimum atomic E-state index is 0.794. The van der Waals surface area contributed by atoms with Gasteiger partial charge < -0.3 is 10.2 Å². The van der Waals surface area contributed by atoms with E-state index in [2.05, 4.69) is 27.6 Å². The number of rotatable bonds is 7. The van der Waals surface area contributed by atoms with E-state index in [1.165, 1.54) is 44.2 Å². The molecule has 1 aromatic rings. The van der Waals surface area contributed by atoms with Crippen molar-refractivity contribution in [2.75, 3.05) is 20.1 Å². The van der Waals surface area contributed by atoms with Crippen LogP contribution >= 0.6 is 11.3 Å². The maximum atomic E-state index is 4.32. The number of hydrogen-bond acceptors (Lipinski definition) is 4. The summed E-state index contributed by atoms with van der Waals surface area (Å²) >= 11 is 1.68. The van der Waals surface area contributed by atoms with Gasteiger partial charge in [0.25, 0.3) is 0 Å². The van der Waals surface area contributed by atoms with E-state index in [1.807, 2.05) is 5.51 Å². The van der Waals surface area contributed by atoms with Gasteiger partial charge in [-0.1, -0.05) is 19.3 Å². The molecule has 0 aliphatic heterocycles. The molecule has 0 amide bonds. The van der Waals surface area contributed by atoms with E-state index in [-0.39, 0.29) is 0 Å². The van der Waals surface area contributed by atoms with Gasteiger partial charge in [-0.2, -0.15) is 0 Å². The molecule has 1 N–H and O–H groups in total. The van der Waals surface area contributed by atoms with Gasteiger partial charge in [0.2, 0.25) is 0 Å². The molecule has 0 saturated heterocycles. The quantitative estimate of drug-likeness (QED) is 0.770. The maximum Gasteiger partial charge on any atom is 0.0795 e. The predicted molar refractivity (Wildman–Crippen MR) is 77.9 cm³/mol. The fourth-order valence-electron chi connectivity index (χ4n) is 2.63. The lowest BCUT2D eigenvalue weighted by molar-refractivity contribution is 0.305. The first-order valence-electron chi connectivity index (χ1n) is 7.13. The van der Waals surface area contributed by atoms with Crippen LogP contribution in [0.15, 0.2) is 10.9 Å². The summed E-state index contributed by atoms with van der Waals surface area (Å²) in [6.45, 7) is 3.29. The zero-order valence-corrected chi connectivity index (χ0v) is 12.2. The standard InChI is InChI=1S/C14H25N3S/c1-17(10-14-11-18-12-16-14)9-5-8-15-13-6-3-2-4-7-13/h11-13,15H,2-10H2,1H3. The molecule has 4 heteroatoms. The molecule has 102 valence electrons. The number of thiazole rings is 1. The van der Waals surface area contributed by atoms with Crippen LogP contribution in [0.2, 0.25) is 0 Å². The summed E-state index contributed by atoms with van der Waals surface area (Å²) in [5, 5.41) is 5.83. The minimum absolute atomic E-state index is 0.794. The number of nitrogens with zero attached hydrogens (tertiary/aromatic N) is 2. The van der Waals surface area contributed by atoms with Gasteiger partial charge in [-0.15, -0.1) is 11.3 Å². The van der Waals surface area contributed by atoms with Gasteiger partial charge in [0.1, 0.15) is 0 Å². The summed E-state index contributed by atoms with van der Waals surface area (Å²) in [5.41, 5.74) is 3.11. The molecule has 1 saturated carbocycles. The molecule has 1 heterocycles. The van der Waals surface area contributed by atoms with E-state index in [1.54, 1.807) is 11.3 Å². The highest BCUT2D eigenvalue weighted by Crippen LogP contribution is 2.17. The molecule has 2 rings (SSSR count). The summed E-state index contributed by atoms with van der Waals surface area (Å²) in [4.78, 5) is 6.68. The van der Waals surface area contributed by atoms with Gasteiger partial charge >= 0.3 is 0 Å². The molecule has 1 aromatic heterocycles. The average molecular weight is 267 g/mol. The monoisotopic (exact) mass is 267 g/mol. The molecule has 1 fully saturated rings. The lowest BCUT2D eigenvalue weighted by atomic mass is 9.95. The van der Waals surface area contributed by atoms with E-state index in [4.69, 9.17) is 0 Å². The first-order valence-corrected chi connectivity index (χ1v) is 8.08. The van der Waals surface area contributed by atoms with Crippen LogP contribution in [0, 0.1) is 0 Å². The van der Waals surface area contributed by atoms with Crippen molar-refractivity contribution in [3.8, 4) is 0 Å². The van der Waals surface area contributed by atoms with Crippen molar-refractivity contribution in [3.63, 3.8) is 0 Å². The van der Waals surface area contributed by atoms with E-state index in [0.717, 1.165) is 25.7 Å². The van der Waals surface area contributed by atoms with Crippen LogP contribution in [-0.4, -0.2) is 36.1 Å². The highest BCUT2D eigenvalue weighted by molar-refractivity contribution is 7.07. The molecule has 0 radical (unpaired) electrons. The van der Waals surface area contributed by atoms with E-state index in [9.17, 15) is 0 Å². The second kappa shape index (κ2) is 7.87. The second-order valence-corrected chi connectivity index (χ2v) is 6.08. The Morgan fingerprint density at radius 3 is 2.94 bits per heavy atom. The maximum absolute atomic E-state index is 4.32. The number of aromatic nitrogens is 1. The highest BCUT2D eigenvalue weighted by Gasteiger charge is 2.11. The summed E-state index contributed by atoms with van der Waals surface area (Å²) in [6.07, 6.45) is 8.28. The Balaban J connectivity index is 1.52. The molecule has 0 aromatic carbocycles. The molecule has 1 aliphatic rings. The van der Waals surface area contributed by atoms with Crippen molar-refractivity contribution < 1.29 is 0 Å². The minimum Gasteiger partial charge on any atom is -0.314 e. The Morgan fingerprint density at radius 1 is 1.39 bits per heavy atom. The third-order valence-electron chi connectivity index (χ3n) is 3.67. The normalized spacial score (nSPS) is 17.4. The fourth-order valence-corrected chi connectivity index (χ4v) is 3.18. The predicted octanol–water partition coefficient (Wildman–Crippen LogP) is 2.89. The first-order chi connectivity index (χ1) is 8.84. The average Bonchev–Trinajstić information content (AvgIpc) is 2.89. The zero-order valence-electron chi connectivity index (χ0n) is 11.4.